The summed E-state index contributed by atoms with van der Waals surface area (Å²) >= 11 is 5.81. The summed E-state index contributed by atoms with van der Waals surface area (Å²) in [4.78, 5) is 9.46. The molecule has 6 heteroatoms. The predicted molar refractivity (Wildman–Crippen MR) is 88.1 cm³/mol. The van der Waals surface area contributed by atoms with Gasteiger partial charge in [0.1, 0.15) is 5.82 Å². The topological polar surface area (TPSA) is 43.7 Å². The number of hydrogen-bond acceptors (Lipinski definition) is 4. The van der Waals surface area contributed by atoms with Crippen molar-refractivity contribution < 1.29 is 14.0 Å². The van der Waals surface area contributed by atoms with E-state index in [1.54, 1.807) is 38.4 Å². The Balaban J connectivity index is 2.36. The average Bonchev–Trinajstić information content (AvgIpc) is 2.53. The maximum absolute atomic E-state index is 14.2. The molecule has 0 aliphatic heterocycles. The van der Waals surface area contributed by atoms with E-state index in [9.17, 15) is 4.39 Å². The van der Waals surface area contributed by atoms with Crippen molar-refractivity contribution in [1.29, 1.82) is 0 Å². The molecule has 122 valence electrons. The lowest BCUT2D eigenvalue weighted by atomic mass is 10.0. The van der Waals surface area contributed by atoms with Crippen LogP contribution in [0.4, 0.5) is 4.39 Å². The van der Waals surface area contributed by atoms with E-state index in [1.807, 2.05) is 12.1 Å². The zero-order chi connectivity index (χ0) is 16.9. The summed E-state index contributed by atoms with van der Waals surface area (Å²) in [6.45, 7) is 3.44. The van der Waals surface area contributed by atoms with Gasteiger partial charge in [0.25, 0.3) is 0 Å². The number of rotatable bonds is 6. The van der Waals surface area contributed by atoms with Crippen molar-refractivity contribution in [2.45, 2.75) is 26.1 Å². The van der Waals surface area contributed by atoms with Gasteiger partial charge in [-0.15, -0.1) is 0 Å². The Bertz CT molecular complexity index is 690. The lowest BCUT2D eigenvalue weighted by molar-refractivity contribution is -0.197. The van der Waals surface area contributed by atoms with Gasteiger partial charge in [0.2, 0.25) is 5.79 Å². The highest BCUT2D eigenvalue weighted by Crippen LogP contribution is 2.19. The van der Waals surface area contributed by atoms with Gasteiger partial charge in [0.05, 0.1) is 5.71 Å². The number of nitrogens with zero attached hydrogens (tertiary/aromatic N) is 2. The van der Waals surface area contributed by atoms with Gasteiger partial charge in [-0.25, -0.2) is 4.39 Å². The van der Waals surface area contributed by atoms with Crippen LogP contribution in [0.1, 0.15) is 25.0 Å². The molecule has 0 spiro atoms. The van der Waals surface area contributed by atoms with E-state index in [0.717, 1.165) is 5.56 Å². The first-order chi connectivity index (χ1) is 10.9. The Morgan fingerprint density at radius 1 is 1.35 bits per heavy atom. The molecule has 0 unspecified atom stereocenters. The number of oxime groups is 1. The molecule has 23 heavy (non-hydrogen) atoms. The zero-order valence-electron chi connectivity index (χ0n) is 13.2. The third kappa shape index (κ3) is 5.01. The van der Waals surface area contributed by atoms with E-state index in [2.05, 4.69) is 10.1 Å². The number of aromatic nitrogens is 1. The summed E-state index contributed by atoms with van der Waals surface area (Å²) in [6.07, 6.45) is 3.74. The first-order valence-electron chi connectivity index (χ1n) is 7.06. The molecule has 0 bridgehead atoms. The number of benzene rings is 1. The minimum atomic E-state index is -0.914. The molecule has 0 aliphatic carbocycles. The van der Waals surface area contributed by atoms with E-state index in [0.29, 0.717) is 22.7 Å². The Morgan fingerprint density at radius 2 is 2.13 bits per heavy atom. The second-order valence-electron chi connectivity index (χ2n) is 5.40. The molecule has 1 heterocycles. The van der Waals surface area contributed by atoms with Gasteiger partial charge in [-0.05, 0) is 29.8 Å². The molecule has 0 aliphatic rings. The number of hydrogen-bond donors (Lipinski definition) is 0. The van der Waals surface area contributed by atoms with E-state index < -0.39 is 11.6 Å². The standard InChI is InChI=1S/C17H18ClFN2O2/c1-17(2,22-3)23-21-16(9-12-5-4-8-20-11-12)14-7-6-13(18)10-15(14)19/h4-8,10-11H,9H2,1-3H3. The highest BCUT2D eigenvalue weighted by atomic mass is 35.5. The molecule has 0 N–H and O–H groups in total. The summed E-state index contributed by atoms with van der Waals surface area (Å²) in [6, 6.07) is 8.14. The number of halogens is 2. The van der Waals surface area contributed by atoms with E-state index in [4.69, 9.17) is 21.2 Å². The summed E-state index contributed by atoms with van der Waals surface area (Å²) < 4.78 is 19.4. The van der Waals surface area contributed by atoms with Crippen LogP contribution in [0.5, 0.6) is 0 Å². The van der Waals surface area contributed by atoms with E-state index in [-0.39, 0.29) is 0 Å². The van der Waals surface area contributed by atoms with Gasteiger partial charge in [-0.1, -0.05) is 22.8 Å². The highest BCUT2D eigenvalue weighted by molar-refractivity contribution is 6.30. The van der Waals surface area contributed by atoms with E-state index in [1.165, 1.54) is 13.2 Å². The smallest absolute Gasteiger partial charge is 0.230 e. The molecule has 0 fully saturated rings. The Morgan fingerprint density at radius 3 is 2.74 bits per heavy atom. The maximum atomic E-state index is 14.2. The van der Waals surface area contributed by atoms with Crippen molar-refractivity contribution >= 4 is 17.3 Å². The van der Waals surface area contributed by atoms with Gasteiger partial charge in [-0.3, -0.25) is 4.98 Å². The quantitative estimate of drug-likeness (QED) is 0.450. The molecule has 0 amide bonds. The first kappa shape index (κ1) is 17.4. The minimum Gasteiger partial charge on any atom is -0.361 e. The van der Waals surface area contributed by atoms with Crippen molar-refractivity contribution in [2.24, 2.45) is 5.16 Å². The lowest BCUT2D eigenvalue weighted by Crippen LogP contribution is -2.25. The van der Waals surface area contributed by atoms with Gasteiger partial charge in [-0.2, -0.15) is 0 Å². The van der Waals surface area contributed by atoms with Crippen LogP contribution in [0.15, 0.2) is 47.9 Å². The average molecular weight is 337 g/mol. The van der Waals surface area contributed by atoms with Crippen LogP contribution in [0.25, 0.3) is 0 Å². The highest BCUT2D eigenvalue weighted by Gasteiger charge is 2.19. The molecule has 1 aromatic heterocycles. The van der Waals surface area contributed by atoms with Crippen molar-refractivity contribution in [2.75, 3.05) is 7.11 Å². The van der Waals surface area contributed by atoms with Crippen LogP contribution in [0.2, 0.25) is 5.02 Å². The maximum Gasteiger partial charge on any atom is 0.230 e. The fourth-order valence-corrected chi connectivity index (χ4v) is 1.96. The van der Waals surface area contributed by atoms with Gasteiger partial charge in [0.15, 0.2) is 0 Å². The molecule has 0 atom stereocenters. The monoisotopic (exact) mass is 336 g/mol. The molecule has 1 aromatic carbocycles. The SMILES string of the molecule is COC(C)(C)ON=C(Cc1cccnc1)c1ccc(Cl)cc1F. The lowest BCUT2D eigenvalue weighted by Gasteiger charge is -2.21. The van der Waals surface area contributed by atoms with Crippen LogP contribution >= 0.6 is 11.6 Å². The molecule has 4 nitrogen and oxygen atoms in total. The summed E-state index contributed by atoms with van der Waals surface area (Å²) in [7, 11) is 1.51. The Labute approximate surface area is 139 Å². The fourth-order valence-electron chi connectivity index (χ4n) is 1.80. The number of methoxy groups -OCH3 is 1. The van der Waals surface area contributed by atoms with Crippen molar-refractivity contribution in [3.63, 3.8) is 0 Å². The van der Waals surface area contributed by atoms with Crippen LogP contribution in [0.3, 0.4) is 0 Å². The number of ether oxygens (including phenoxy) is 1. The van der Waals surface area contributed by atoms with Crippen LogP contribution < -0.4 is 0 Å². The minimum absolute atomic E-state index is 0.324. The summed E-state index contributed by atoms with van der Waals surface area (Å²) in [5.74, 6) is -1.37. The zero-order valence-corrected chi connectivity index (χ0v) is 14.0. The molecule has 2 aromatic rings. The van der Waals surface area contributed by atoms with Crippen LogP contribution in [-0.2, 0) is 16.0 Å². The molecular formula is C17H18ClFN2O2. The Hall–Kier alpha value is -1.98. The fraction of sp³-hybridized carbons (Fsp3) is 0.294. The van der Waals surface area contributed by atoms with Crippen LogP contribution in [0, 0.1) is 5.82 Å². The van der Waals surface area contributed by atoms with E-state index >= 15 is 0 Å². The summed E-state index contributed by atoms with van der Waals surface area (Å²) in [5.41, 5.74) is 1.64. The normalized spacial score (nSPS) is 12.3. The third-order valence-electron chi connectivity index (χ3n) is 3.20. The second kappa shape index (κ2) is 7.53. The molecule has 0 saturated carbocycles. The predicted octanol–water partition coefficient (Wildman–Crippen LogP) is 4.22. The second-order valence-corrected chi connectivity index (χ2v) is 5.83. The third-order valence-corrected chi connectivity index (χ3v) is 3.44. The van der Waals surface area contributed by atoms with Gasteiger partial charge >= 0.3 is 0 Å². The Kier molecular flexibility index (Phi) is 5.69. The molecule has 0 radical (unpaired) electrons. The molecular weight excluding hydrogens is 319 g/mol. The van der Waals surface area contributed by atoms with Crippen LogP contribution in [-0.4, -0.2) is 23.6 Å². The first-order valence-corrected chi connectivity index (χ1v) is 7.43. The van der Waals surface area contributed by atoms with Gasteiger partial charge in [0, 0.05) is 50.4 Å². The summed E-state index contributed by atoms with van der Waals surface area (Å²) in [5, 5.41) is 4.43. The number of pyridine rings is 1. The largest absolute Gasteiger partial charge is 0.361 e. The van der Waals surface area contributed by atoms with Gasteiger partial charge < -0.3 is 9.57 Å². The molecule has 0 saturated heterocycles. The molecule has 2 rings (SSSR count). The van der Waals surface area contributed by atoms with Crippen molar-refractivity contribution in [1.82, 2.24) is 4.98 Å². The van der Waals surface area contributed by atoms with Crippen molar-refractivity contribution in [3.05, 3.63) is 64.7 Å². The van der Waals surface area contributed by atoms with Crippen molar-refractivity contribution in [3.8, 4) is 0 Å².